The van der Waals surface area contributed by atoms with Gasteiger partial charge in [-0.3, -0.25) is 4.79 Å². The lowest BCUT2D eigenvalue weighted by atomic mass is 9.74. The minimum atomic E-state index is -0.385. The SMILES string of the molecule is CCC(CC)(CC(=O)c1c(C)nn2c1NC(c1ccccc1)CC2(C)C)c1cc(C)n(-c2ccc(Cl)cc2)n1. The van der Waals surface area contributed by atoms with Crippen LogP contribution in [0.15, 0.2) is 60.7 Å². The molecule has 1 unspecified atom stereocenters. The molecule has 0 spiro atoms. The van der Waals surface area contributed by atoms with Gasteiger partial charge in [0.05, 0.1) is 34.2 Å². The molecule has 0 amide bonds. The van der Waals surface area contributed by atoms with E-state index in [1.807, 2.05) is 46.6 Å². The van der Waals surface area contributed by atoms with E-state index in [4.69, 9.17) is 21.8 Å². The molecule has 204 valence electrons. The van der Waals surface area contributed by atoms with Crippen LogP contribution in [0.25, 0.3) is 5.69 Å². The average molecular weight is 544 g/mol. The summed E-state index contributed by atoms with van der Waals surface area (Å²) in [5.74, 6) is 0.930. The van der Waals surface area contributed by atoms with Crippen LogP contribution in [0.3, 0.4) is 0 Å². The van der Waals surface area contributed by atoms with E-state index in [-0.39, 0.29) is 22.8 Å². The van der Waals surface area contributed by atoms with Gasteiger partial charge in [0.1, 0.15) is 5.82 Å². The lowest BCUT2D eigenvalue weighted by molar-refractivity contribution is 0.0942. The lowest BCUT2D eigenvalue weighted by Crippen LogP contribution is -2.38. The van der Waals surface area contributed by atoms with Crippen molar-refractivity contribution in [3.63, 3.8) is 0 Å². The number of nitrogens with zero attached hydrogens (tertiary/aromatic N) is 4. The van der Waals surface area contributed by atoms with Crippen LogP contribution in [-0.4, -0.2) is 25.3 Å². The number of rotatable bonds is 8. The molecule has 2 aromatic heterocycles. The predicted octanol–water partition coefficient (Wildman–Crippen LogP) is 7.96. The Bertz CT molecular complexity index is 1480. The largest absolute Gasteiger partial charge is 0.363 e. The Morgan fingerprint density at radius 1 is 1.05 bits per heavy atom. The van der Waals surface area contributed by atoms with Gasteiger partial charge in [0.15, 0.2) is 5.78 Å². The topological polar surface area (TPSA) is 64.7 Å². The zero-order chi connectivity index (χ0) is 27.9. The highest BCUT2D eigenvalue weighted by molar-refractivity contribution is 6.30. The normalized spacial score (nSPS) is 16.5. The molecule has 0 saturated carbocycles. The second kappa shape index (κ2) is 10.3. The van der Waals surface area contributed by atoms with E-state index in [2.05, 4.69) is 70.3 Å². The monoisotopic (exact) mass is 543 g/mol. The van der Waals surface area contributed by atoms with Gasteiger partial charge in [-0.2, -0.15) is 10.2 Å². The van der Waals surface area contributed by atoms with Crippen molar-refractivity contribution in [2.24, 2.45) is 0 Å². The Morgan fingerprint density at radius 2 is 1.72 bits per heavy atom. The molecule has 1 N–H and O–H groups in total. The number of nitrogens with one attached hydrogen (secondary N) is 1. The van der Waals surface area contributed by atoms with Crippen LogP contribution in [0, 0.1) is 13.8 Å². The third-order valence-corrected chi connectivity index (χ3v) is 8.74. The molecule has 0 radical (unpaired) electrons. The number of anilines is 1. The highest BCUT2D eigenvalue weighted by Crippen LogP contribution is 2.43. The number of carbonyl (C=O) groups excluding carboxylic acids is 1. The number of benzene rings is 2. The van der Waals surface area contributed by atoms with Gasteiger partial charge in [0, 0.05) is 22.6 Å². The first-order valence-corrected chi connectivity index (χ1v) is 14.2. The summed E-state index contributed by atoms with van der Waals surface area (Å²) in [6, 6.07) is 20.4. The molecule has 4 aromatic rings. The van der Waals surface area contributed by atoms with Crippen molar-refractivity contribution in [1.82, 2.24) is 19.6 Å². The van der Waals surface area contributed by atoms with Gasteiger partial charge in [0.2, 0.25) is 0 Å². The van der Waals surface area contributed by atoms with Crippen molar-refractivity contribution < 1.29 is 4.79 Å². The zero-order valence-electron chi connectivity index (χ0n) is 23.8. The maximum absolute atomic E-state index is 14.2. The average Bonchev–Trinajstić information content (AvgIpc) is 3.48. The van der Waals surface area contributed by atoms with Crippen LogP contribution in [0.1, 0.15) is 92.4 Å². The summed E-state index contributed by atoms with van der Waals surface area (Å²) < 4.78 is 3.96. The molecule has 1 aliphatic heterocycles. The van der Waals surface area contributed by atoms with E-state index in [0.29, 0.717) is 17.0 Å². The Morgan fingerprint density at radius 3 is 2.36 bits per heavy atom. The van der Waals surface area contributed by atoms with Gasteiger partial charge in [-0.15, -0.1) is 0 Å². The Balaban J connectivity index is 1.50. The maximum Gasteiger partial charge on any atom is 0.169 e. The maximum atomic E-state index is 14.2. The minimum Gasteiger partial charge on any atom is -0.363 e. The molecular weight excluding hydrogens is 506 g/mol. The highest BCUT2D eigenvalue weighted by Gasteiger charge is 2.40. The fourth-order valence-electron chi connectivity index (χ4n) is 6.05. The third-order valence-electron chi connectivity index (χ3n) is 8.48. The molecule has 2 aromatic carbocycles. The first-order valence-electron chi connectivity index (χ1n) is 13.9. The predicted molar refractivity (Wildman–Crippen MR) is 158 cm³/mol. The molecule has 7 heteroatoms. The molecule has 0 bridgehead atoms. The van der Waals surface area contributed by atoms with E-state index in [0.717, 1.165) is 47.8 Å². The van der Waals surface area contributed by atoms with Gasteiger partial charge in [-0.25, -0.2) is 9.36 Å². The van der Waals surface area contributed by atoms with E-state index in [1.165, 1.54) is 5.56 Å². The van der Waals surface area contributed by atoms with Crippen molar-refractivity contribution in [2.45, 2.75) is 84.2 Å². The third kappa shape index (κ3) is 4.91. The van der Waals surface area contributed by atoms with Crippen molar-refractivity contribution >= 4 is 23.2 Å². The van der Waals surface area contributed by atoms with Crippen LogP contribution >= 0.6 is 11.6 Å². The Hall–Kier alpha value is -3.38. The van der Waals surface area contributed by atoms with Crippen LogP contribution in [0.4, 0.5) is 5.82 Å². The molecule has 39 heavy (non-hydrogen) atoms. The van der Waals surface area contributed by atoms with Crippen LogP contribution in [0.2, 0.25) is 5.02 Å². The van der Waals surface area contributed by atoms with E-state index >= 15 is 0 Å². The Kier molecular flexibility index (Phi) is 7.19. The van der Waals surface area contributed by atoms with Crippen molar-refractivity contribution in [3.8, 4) is 5.69 Å². The fraction of sp³-hybridized carbons (Fsp3) is 0.406. The minimum absolute atomic E-state index is 0.105. The fourth-order valence-corrected chi connectivity index (χ4v) is 6.17. The molecule has 5 rings (SSSR count). The summed E-state index contributed by atoms with van der Waals surface area (Å²) in [6.07, 6.45) is 2.86. The van der Waals surface area contributed by atoms with E-state index in [9.17, 15) is 4.79 Å². The number of aryl methyl sites for hydroxylation is 2. The standard InChI is InChI=1S/C32H38ClN5O/c1-7-32(8-2,28-18-21(3)37(36-28)25-16-14-24(33)15-17-25)20-27(39)29-22(4)35-38-30(29)34-26(19-31(38,5)6)23-12-10-9-11-13-23/h9-18,26,34H,7-8,19-20H2,1-6H3. The summed E-state index contributed by atoms with van der Waals surface area (Å²) in [5, 5.41) is 14.3. The molecule has 1 atom stereocenters. The first-order chi connectivity index (χ1) is 18.6. The quantitative estimate of drug-likeness (QED) is 0.229. The number of Topliss-reactive ketones (excluding diaryl/α,β-unsaturated/α-hetero) is 1. The van der Waals surface area contributed by atoms with Gasteiger partial charge < -0.3 is 5.32 Å². The molecule has 1 aliphatic rings. The first kappa shape index (κ1) is 27.2. The second-order valence-electron chi connectivity index (χ2n) is 11.5. The summed E-state index contributed by atoms with van der Waals surface area (Å²) in [6.45, 7) is 12.7. The van der Waals surface area contributed by atoms with Crippen LogP contribution in [-0.2, 0) is 11.0 Å². The summed E-state index contributed by atoms with van der Waals surface area (Å²) in [7, 11) is 0. The number of fused-ring (bicyclic) bond motifs is 1. The lowest BCUT2D eigenvalue weighted by Gasteiger charge is -2.38. The van der Waals surface area contributed by atoms with Crippen molar-refractivity contribution in [3.05, 3.63) is 93.9 Å². The number of hydrogen-bond donors (Lipinski definition) is 1. The molecule has 0 saturated heterocycles. The molecule has 3 heterocycles. The van der Waals surface area contributed by atoms with E-state index in [1.54, 1.807) is 0 Å². The molecule has 0 aliphatic carbocycles. The molecular formula is C32H38ClN5O. The number of halogens is 1. The summed E-state index contributed by atoms with van der Waals surface area (Å²) in [5.41, 5.74) is 5.00. The summed E-state index contributed by atoms with van der Waals surface area (Å²) >= 11 is 6.11. The van der Waals surface area contributed by atoms with Crippen LogP contribution < -0.4 is 5.32 Å². The van der Waals surface area contributed by atoms with E-state index < -0.39 is 0 Å². The zero-order valence-corrected chi connectivity index (χ0v) is 24.5. The number of hydrogen-bond acceptors (Lipinski definition) is 4. The van der Waals surface area contributed by atoms with Crippen molar-refractivity contribution in [1.29, 1.82) is 0 Å². The second-order valence-corrected chi connectivity index (χ2v) is 11.9. The Labute approximate surface area is 236 Å². The molecule has 0 fully saturated rings. The number of carbonyl (C=O) groups is 1. The van der Waals surface area contributed by atoms with Gasteiger partial charge in [0.25, 0.3) is 0 Å². The number of aromatic nitrogens is 4. The smallest absolute Gasteiger partial charge is 0.169 e. The van der Waals surface area contributed by atoms with Gasteiger partial charge in [-0.05, 0) is 82.9 Å². The van der Waals surface area contributed by atoms with Crippen molar-refractivity contribution in [2.75, 3.05) is 5.32 Å². The summed E-state index contributed by atoms with van der Waals surface area (Å²) in [4.78, 5) is 14.2. The highest BCUT2D eigenvalue weighted by atomic mass is 35.5. The number of ketones is 1. The van der Waals surface area contributed by atoms with Gasteiger partial charge >= 0.3 is 0 Å². The van der Waals surface area contributed by atoms with Gasteiger partial charge in [-0.1, -0.05) is 55.8 Å². The molecule has 6 nitrogen and oxygen atoms in total. The van der Waals surface area contributed by atoms with Crippen LogP contribution in [0.5, 0.6) is 0 Å².